The Labute approximate surface area is 110 Å². The summed E-state index contributed by atoms with van der Waals surface area (Å²) < 4.78 is 1.16. The van der Waals surface area contributed by atoms with Gasteiger partial charge in [0.2, 0.25) is 0 Å². The van der Waals surface area contributed by atoms with E-state index in [2.05, 4.69) is 63.0 Å². The Balaban J connectivity index is 2.47. The van der Waals surface area contributed by atoms with Gasteiger partial charge in [-0.15, -0.1) is 0 Å². The van der Waals surface area contributed by atoms with E-state index in [1.54, 1.807) is 0 Å². The summed E-state index contributed by atoms with van der Waals surface area (Å²) in [5.74, 6) is 0.783. The minimum absolute atomic E-state index is 0.783. The van der Waals surface area contributed by atoms with Gasteiger partial charge < -0.3 is 0 Å². The molecule has 2 heteroatoms. The van der Waals surface area contributed by atoms with Gasteiger partial charge in [-0.25, -0.2) is 0 Å². The zero-order valence-electron chi connectivity index (χ0n) is 9.18. The third-order valence-corrected chi connectivity index (χ3v) is 4.07. The average Bonchev–Trinajstić information content (AvgIpc) is 2.27. The number of hydrogen-bond donors (Lipinski definition) is 0. The first-order chi connectivity index (χ1) is 7.26. The van der Waals surface area contributed by atoms with E-state index in [1.165, 1.54) is 31.2 Å². The molecular formula is C13H18Br2. The summed E-state index contributed by atoms with van der Waals surface area (Å²) >= 11 is 7.07. The summed E-state index contributed by atoms with van der Waals surface area (Å²) in [6.07, 6.45) is 5.16. The third kappa shape index (κ3) is 5.17. The van der Waals surface area contributed by atoms with Crippen LogP contribution < -0.4 is 0 Å². The molecule has 0 bridgehead atoms. The number of halogens is 2. The molecule has 1 atom stereocenters. The van der Waals surface area contributed by atoms with E-state index in [-0.39, 0.29) is 0 Å². The van der Waals surface area contributed by atoms with Crippen LogP contribution in [0.3, 0.4) is 0 Å². The molecule has 1 aromatic rings. The molecule has 1 aromatic carbocycles. The molecule has 0 heterocycles. The zero-order chi connectivity index (χ0) is 11.1. The molecule has 0 spiro atoms. The first-order valence-corrected chi connectivity index (χ1v) is 7.48. The normalized spacial score (nSPS) is 12.7. The molecule has 84 valence electrons. The van der Waals surface area contributed by atoms with Crippen LogP contribution in [0.2, 0.25) is 0 Å². The summed E-state index contributed by atoms with van der Waals surface area (Å²) in [6.45, 7) is 2.25. The lowest BCUT2D eigenvalue weighted by molar-refractivity contribution is 0.514. The molecular weight excluding hydrogens is 316 g/mol. The molecule has 0 aromatic heterocycles. The summed E-state index contributed by atoms with van der Waals surface area (Å²) in [5, 5.41) is 1.11. The van der Waals surface area contributed by atoms with Gasteiger partial charge >= 0.3 is 0 Å². The van der Waals surface area contributed by atoms with Gasteiger partial charge in [0.25, 0.3) is 0 Å². The Morgan fingerprint density at radius 3 is 2.40 bits per heavy atom. The summed E-state index contributed by atoms with van der Waals surface area (Å²) in [4.78, 5) is 0. The Morgan fingerprint density at radius 1 is 1.20 bits per heavy atom. The van der Waals surface area contributed by atoms with Crippen molar-refractivity contribution in [1.29, 1.82) is 0 Å². The van der Waals surface area contributed by atoms with Crippen molar-refractivity contribution in [3.63, 3.8) is 0 Å². The molecule has 15 heavy (non-hydrogen) atoms. The number of rotatable bonds is 6. The lowest BCUT2D eigenvalue weighted by Crippen LogP contribution is -2.06. The molecule has 0 saturated heterocycles. The molecule has 1 rings (SSSR count). The number of unbranched alkanes of at least 4 members (excludes halogenated alkanes) is 1. The molecule has 0 amide bonds. The van der Waals surface area contributed by atoms with Crippen molar-refractivity contribution in [3.8, 4) is 0 Å². The van der Waals surface area contributed by atoms with Crippen LogP contribution in [0, 0.1) is 5.92 Å². The lowest BCUT2D eigenvalue weighted by atomic mass is 9.96. The molecule has 0 aliphatic carbocycles. The van der Waals surface area contributed by atoms with Crippen LogP contribution in [0.25, 0.3) is 0 Å². The van der Waals surface area contributed by atoms with Gasteiger partial charge in [-0.3, -0.25) is 0 Å². The minimum atomic E-state index is 0.783. The maximum Gasteiger partial charge on any atom is 0.0175 e. The predicted molar refractivity (Wildman–Crippen MR) is 74.7 cm³/mol. The topological polar surface area (TPSA) is 0 Å². The minimum Gasteiger partial charge on any atom is -0.0925 e. The standard InChI is InChI=1S/C13H18Br2/c1-2-3-4-12(10-14)9-11-5-7-13(15)8-6-11/h5-8,12H,2-4,9-10H2,1H3. The van der Waals surface area contributed by atoms with Crippen LogP contribution in [0.4, 0.5) is 0 Å². The quantitative estimate of drug-likeness (QED) is 0.628. The van der Waals surface area contributed by atoms with Crippen molar-refractivity contribution in [2.24, 2.45) is 5.92 Å². The third-order valence-electron chi connectivity index (χ3n) is 2.62. The highest BCUT2D eigenvalue weighted by atomic mass is 79.9. The van der Waals surface area contributed by atoms with Crippen LogP contribution in [-0.2, 0) is 6.42 Å². The van der Waals surface area contributed by atoms with Gasteiger partial charge in [0.05, 0.1) is 0 Å². The number of alkyl halides is 1. The van der Waals surface area contributed by atoms with Crippen molar-refractivity contribution in [2.75, 3.05) is 5.33 Å². The summed E-state index contributed by atoms with van der Waals surface area (Å²) in [6, 6.07) is 8.68. The highest BCUT2D eigenvalue weighted by Crippen LogP contribution is 2.19. The Hall–Kier alpha value is 0.180. The van der Waals surface area contributed by atoms with Crippen LogP contribution in [0.15, 0.2) is 28.7 Å². The highest BCUT2D eigenvalue weighted by Gasteiger charge is 2.07. The van der Waals surface area contributed by atoms with Crippen molar-refractivity contribution in [1.82, 2.24) is 0 Å². The van der Waals surface area contributed by atoms with Crippen LogP contribution >= 0.6 is 31.9 Å². The largest absolute Gasteiger partial charge is 0.0925 e. The molecule has 0 aliphatic heterocycles. The summed E-state index contributed by atoms with van der Waals surface area (Å²) in [7, 11) is 0. The summed E-state index contributed by atoms with van der Waals surface area (Å²) in [5.41, 5.74) is 1.44. The Morgan fingerprint density at radius 2 is 1.87 bits per heavy atom. The van der Waals surface area contributed by atoms with Gasteiger partial charge in [-0.1, -0.05) is 63.8 Å². The van der Waals surface area contributed by atoms with Gasteiger partial charge in [0, 0.05) is 9.80 Å². The van der Waals surface area contributed by atoms with Crippen molar-refractivity contribution >= 4 is 31.9 Å². The molecule has 0 N–H and O–H groups in total. The molecule has 0 aliphatic rings. The van der Waals surface area contributed by atoms with E-state index >= 15 is 0 Å². The second-order valence-corrected chi connectivity index (χ2v) is 5.56. The van der Waals surface area contributed by atoms with Crippen LogP contribution in [-0.4, -0.2) is 5.33 Å². The maximum atomic E-state index is 3.61. The maximum absolute atomic E-state index is 3.61. The number of hydrogen-bond acceptors (Lipinski definition) is 0. The van der Waals surface area contributed by atoms with E-state index in [0.717, 1.165) is 15.7 Å². The fraction of sp³-hybridized carbons (Fsp3) is 0.538. The van der Waals surface area contributed by atoms with Crippen molar-refractivity contribution < 1.29 is 0 Å². The lowest BCUT2D eigenvalue weighted by Gasteiger charge is -2.13. The van der Waals surface area contributed by atoms with Crippen molar-refractivity contribution in [3.05, 3.63) is 34.3 Å². The second-order valence-electron chi connectivity index (χ2n) is 3.99. The van der Waals surface area contributed by atoms with E-state index in [9.17, 15) is 0 Å². The van der Waals surface area contributed by atoms with E-state index < -0.39 is 0 Å². The van der Waals surface area contributed by atoms with Gasteiger partial charge in [-0.05, 0) is 36.5 Å². The SMILES string of the molecule is CCCCC(CBr)Cc1ccc(Br)cc1. The first kappa shape index (κ1) is 13.2. The zero-order valence-corrected chi connectivity index (χ0v) is 12.4. The fourth-order valence-corrected chi connectivity index (χ4v) is 2.50. The highest BCUT2D eigenvalue weighted by molar-refractivity contribution is 9.10. The van der Waals surface area contributed by atoms with Gasteiger partial charge in [0.15, 0.2) is 0 Å². The van der Waals surface area contributed by atoms with Gasteiger partial charge in [-0.2, -0.15) is 0 Å². The van der Waals surface area contributed by atoms with E-state index in [4.69, 9.17) is 0 Å². The monoisotopic (exact) mass is 332 g/mol. The van der Waals surface area contributed by atoms with Gasteiger partial charge in [0.1, 0.15) is 0 Å². The van der Waals surface area contributed by atoms with E-state index in [1.807, 2.05) is 0 Å². The van der Waals surface area contributed by atoms with Crippen LogP contribution in [0.5, 0.6) is 0 Å². The molecule has 0 radical (unpaired) electrons. The first-order valence-electron chi connectivity index (χ1n) is 5.56. The Kier molecular flexibility index (Phi) is 6.58. The van der Waals surface area contributed by atoms with Crippen molar-refractivity contribution in [2.45, 2.75) is 32.6 Å². The fourth-order valence-electron chi connectivity index (χ4n) is 1.68. The second kappa shape index (κ2) is 7.45. The average molecular weight is 334 g/mol. The Bertz CT molecular complexity index is 266. The molecule has 1 unspecified atom stereocenters. The van der Waals surface area contributed by atoms with E-state index in [0.29, 0.717) is 0 Å². The molecule has 0 nitrogen and oxygen atoms in total. The predicted octanol–water partition coefficient (Wildman–Crippen LogP) is 5.19. The molecule has 0 fully saturated rings. The van der Waals surface area contributed by atoms with Crippen LogP contribution in [0.1, 0.15) is 31.7 Å². The molecule has 0 saturated carbocycles. The number of benzene rings is 1. The smallest absolute Gasteiger partial charge is 0.0175 e.